The molecule has 0 aliphatic carbocycles. The van der Waals surface area contributed by atoms with E-state index in [-0.39, 0.29) is 5.69 Å². The Kier molecular flexibility index (Phi) is 6.09. The number of methoxy groups -OCH3 is 1. The maximum atomic E-state index is 11.5. The molecule has 0 atom stereocenters. The summed E-state index contributed by atoms with van der Waals surface area (Å²) in [5, 5.41) is 5.52. The highest BCUT2D eigenvalue weighted by Gasteiger charge is 2.15. The van der Waals surface area contributed by atoms with Gasteiger partial charge in [-0.2, -0.15) is 0 Å². The van der Waals surface area contributed by atoms with Crippen LogP contribution in [0.4, 0.5) is 10.7 Å². The zero-order chi connectivity index (χ0) is 16.8. The minimum Gasteiger partial charge on any atom is -0.464 e. The fourth-order valence-corrected chi connectivity index (χ4v) is 1.51. The van der Waals surface area contributed by atoms with Crippen molar-refractivity contribution in [2.45, 2.75) is 33.3 Å². The number of aromatic nitrogens is 2. The van der Waals surface area contributed by atoms with Crippen molar-refractivity contribution in [1.29, 1.82) is 0 Å². The summed E-state index contributed by atoms with van der Waals surface area (Å²) < 4.78 is 9.72. The second-order valence-electron chi connectivity index (χ2n) is 5.57. The molecule has 0 saturated carbocycles. The van der Waals surface area contributed by atoms with Gasteiger partial charge in [-0.15, -0.1) is 0 Å². The molecule has 8 heteroatoms. The van der Waals surface area contributed by atoms with E-state index >= 15 is 0 Å². The lowest BCUT2D eigenvalue weighted by molar-refractivity contribution is 0.0528. The topological polar surface area (TPSA) is 102 Å². The molecule has 0 radical (unpaired) electrons. The molecule has 1 amide bonds. The molecule has 0 aromatic carbocycles. The largest absolute Gasteiger partial charge is 0.464 e. The molecule has 0 bridgehead atoms. The van der Waals surface area contributed by atoms with Crippen LogP contribution in [-0.2, 0) is 9.47 Å². The Bertz CT molecular complexity index is 540. The van der Waals surface area contributed by atoms with Crippen LogP contribution in [0.25, 0.3) is 0 Å². The van der Waals surface area contributed by atoms with E-state index in [2.05, 4.69) is 25.3 Å². The van der Waals surface area contributed by atoms with Gasteiger partial charge in [-0.3, -0.25) is 0 Å². The maximum absolute atomic E-state index is 11.5. The van der Waals surface area contributed by atoms with E-state index in [4.69, 9.17) is 4.74 Å². The number of anilines is 1. The van der Waals surface area contributed by atoms with Crippen molar-refractivity contribution >= 4 is 18.0 Å². The van der Waals surface area contributed by atoms with Crippen LogP contribution in [0.15, 0.2) is 6.07 Å². The van der Waals surface area contributed by atoms with Crippen molar-refractivity contribution in [3.63, 3.8) is 0 Å². The fourth-order valence-electron chi connectivity index (χ4n) is 1.51. The Labute approximate surface area is 129 Å². The molecule has 22 heavy (non-hydrogen) atoms. The number of hydrogen-bond acceptors (Lipinski definition) is 7. The normalized spacial score (nSPS) is 10.8. The maximum Gasteiger partial charge on any atom is 0.407 e. The van der Waals surface area contributed by atoms with Crippen LogP contribution in [0.3, 0.4) is 0 Å². The summed E-state index contributed by atoms with van der Waals surface area (Å²) in [5.41, 5.74) is 0.280. The molecule has 0 spiro atoms. The molecule has 1 aromatic rings. The first kappa shape index (κ1) is 17.7. The predicted molar refractivity (Wildman–Crippen MR) is 80.8 cm³/mol. The van der Waals surface area contributed by atoms with Gasteiger partial charge in [0.1, 0.15) is 5.60 Å². The van der Waals surface area contributed by atoms with Crippen molar-refractivity contribution in [2.24, 2.45) is 0 Å². The molecule has 0 saturated heterocycles. The lowest BCUT2D eigenvalue weighted by atomic mass is 10.2. The van der Waals surface area contributed by atoms with Gasteiger partial charge >= 0.3 is 12.1 Å². The molecular formula is C14H22N4O4. The zero-order valence-corrected chi connectivity index (χ0v) is 13.5. The number of carbonyl (C=O) groups is 2. The molecule has 1 rings (SSSR count). The molecule has 122 valence electrons. The Morgan fingerprint density at radius 1 is 1.23 bits per heavy atom. The lowest BCUT2D eigenvalue weighted by Gasteiger charge is -2.19. The van der Waals surface area contributed by atoms with E-state index in [0.29, 0.717) is 24.7 Å². The van der Waals surface area contributed by atoms with Crippen LogP contribution in [0.1, 0.15) is 37.0 Å². The summed E-state index contributed by atoms with van der Waals surface area (Å²) in [6, 6.07) is 1.54. The van der Waals surface area contributed by atoms with Crippen molar-refractivity contribution in [3.05, 3.63) is 17.5 Å². The van der Waals surface area contributed by atoms with E-state index in [1.54, 1.807) is 27.7 Å². The summed E-state index contributed by atoms with van der Waals surface area (Å²) in [6.07, 6.45) is -0.491. The van der Waals surface area contributed by atoms with Crippen LogP contribution < -0.4 is 10.6 Å². The van der Waals surface area contributed by atoms with Gasteiger partial charge in [0.15, 0.2) is 5.69 Å². The van der Waals surface area contributed by atoms with Crippen LogP contribution >= 0.6 is 0 Å². The van der Waals surface area contributed by atoms with Gasteiger partial charge in [-0.1, -0.05) is 0 Å². The summed E-state index contributed by atoms with van der Waals surface area (Å²) in [7, 11) is 1.29. The Morgan fingerprint density at radius 3 is 2.50 bits per heavy atom. The van der Waals surface area contributed by atoms with E-state index in [9.17, 15) is 9.59 Å². The number of nitrogens with zero attached hydrogens (tertiary/aromatic N) is 2. The van der Waals surface area contributed by atoms with Crippen LogP contribution in [0.2, 0.25) is 0 Å². The fraction of sp³-hybridized carbons (Fsp3) is 0.571. The van der Waals surface area contributed by atoms with Gasteiger partial charge in [0.25, 0.3) is 0 Å². The van der Waals surface area contributed by atoms with Gasteiger partial charge in [-0.25, -0.2) is 19.6 Å². The first-order valence-electron chi connectivity index (χ1n) is 6.86. The van der Waals surface area contributed by atoms with Crippen LogP contribution in [0.5, 0.6) is 0 Å². The average Bonchev–Trinajstić information content (AvgIpc) is 2.40. The number of hydrogen-bond donors (Lipinski definition) is 2. The van der Waals surface area contributed by atoms with Crippen molar-refractivity contribution in [3.8, 4) is 0 Å². The molecule has 1 aromatic heterocycles. The van der Waals surface area contributed by atoms with Crippen molar-refractivity contribution in [2.75, 3.05) is 25.5 Å². The second-order valence-corrected chi connectivity index (χ2v) is 5.57. The summed E-state index contributed by atoms with van der Waals surface area (Å²) in [6.45, 7) is 7.85. The highest BCUT2D eigenvalue weighted by molar-refractivity contribution is 5.87. The van der Waals surface area contributed by atoms with E-state index in [0.717, 1.165) is 0 Å². The van der Waals surface area contributed by atoms with Gasteiger partial charge < -0.3 is 20.1 Å². The average molecular weight is 310 g/mol. The SMILES string of the molecule is COC(=O)c1cc(C)nc(NCCNC(=O)OC(C)(C)C)n1. The number of esters is 1. The quantitative estimate of drug-likeness (QED) is 0.627. The molecule has 0 aliphatic heterocycles. The molecule has 2 N–H and O–H groups in total. The Morgan fingerprint density at radius 2 is 1.91 bits per heavy atom. The van der Waals surface area contributed by atoms with Gasteiger partial charge in [0, 0.05) is 18.8 Å². The van der Waals surface area contributed by atoms with Gasteiger partial charge in [-0.05, 0) is 33.8 Å². The molecule has 0 aliphatic rings. The standard InChI is InChI=1S/C14H22N4O4/c1-9-8-10(11(19)21-5)18-12(17-9)15-6-7-16-13(20)22-14(2,3)4/h8H,6-7H2,1-5H3,(H,16,20)(H,15,17,18). The molecule has 0 fully saturated rings. The number of aryl methyl sites for hydroxylation is 1. The van der Waals surface area contributed by atoms with E-state index in [1.807, 2.05) is 0 Å². The first-order chi connectivity index (χ1) is 10.2. The summed E-state index contributed by atoms with van der Waals surface area (Å²) in [4.78, 5) is 31.1. The lowest BCUT2D eigenvalue weighted by Crippen LogP contribution is -2.35. The zero-order valence-electron chi connectivity index (χ0n) is 13.5. The number of amides is 1. The van der Waals surface area contributed by atoms with Crippen LogP contribution in [-0.4, -0.2) is 47.8 Å². The summed E-state index contributed by atoms with van der Waals surface area (Å²) in [5.74, 6) is -0.230. The minimum atomic E-state index is -0.535. The molecule has 8 nitrogen and oxygen atoms in total. The number of nitrogens with one attached hydrogen (secondary N) is 2. The second kappa shape index (κ2) is 7.58. The minimum absolute atomic E-state index is 0.178. The monoisotopic (exact) mass is 310 g/mol. The molecule has 0 unspecified atom stereocenters. The number of ether oxygens (including phenoxy) is 2. The van der Waals surface area contributed by atoms with Crippen molar-refractivity contribution < 1.29 is 19.1 Å². The number of carbonyl (C=O) groups excluding carboxylic acids is 2. The smallest absolute Gasteiger partial charge is 0.407 e. The van der Waals surface area contributed by atoms with Gasteiger partial charge in [0.2, 0.25) is 5.95 Å². The van der Waals surface area contributed by atoms with Crippen molar-refractivity contribution in [1.82, 2.24) is 15.3 Å². The number of rotatable bonds is 5. The predicted octanol–water partition coefficient (Wildman–Crippen LogP) is 1.51. The van der Waals surface area contributed by atoms with Gasteiger partial charge in [0.05, 0.1) is 7.11 Å². The Balaban J connectivity index is 2.47. The third-order valence-electron chi connectivity index (χ3n) is 2.33. The Hall–Kier alpha value is -2.38. The van der Waals surface area contributed by atoms with Crippen LogP contribution in [0, 0.1) is 6.92 Å². The first-order valence-corrected chi connectivity index (χ1v) is 6.86. The summed E-state index contributed by atoms with van der Waals surface area (Å²) >= 11 is 0. The number of alkyl carbamates (subject to hydrolysis) is 1. The molecule has 1 heterocycles. The third-order valence-corrected chi connectivity index (χ3v) is 2.33. The molecular weight excluding hydrogens is 288 g/mol. The highest BCUT2D eigenvalue weighted by atomic mass is 16.6. The van der Waals surface area contributed by atoms with E-state index < -0.39 is 17.7 Å². The van der Waals surface area contributed by atoms with E-state index in [1.165, 1.54) is 13.2 Å². The highest BCUT2D eigenvalue weighted by Crippen LogP contribution is 2.07. The third kappa shape index (κ3) is 6.38.